The highest BCUT2D eigenvalue weighted by Crippen LogP contribution is 2.12. The quantitative estimate of drug-likeness (QED) is 0.535. The topological polar surface area (TPSA) is 88.1 Å². The van der Waals surface area contributed by atoms with E-state index in [0.29, 0.717) is 12.1 Å². The first-order valence-corrected chi connectivity index (χ1v) is 4.71. The molecule has 1 aromatic rings. The Kier molecular flexibility index (Phi) is 4.07. The molecule has 1 amide bonds. The highest BCUT2D eigenvalue weighted by molar-refractivity contribution is 7.10. The van der Waals surface area contributed by atoms with Crippen LogP contribution in [0, 0.1) is 11.3 Å². The molecule has 1 rings (SSSR count). The van der Waals surface area contributed by atoms with E-state index in [9.17, 15) is 4.79 Å². The lowest BCUT2D eigenvalue weighted by Gasteiger charge is -2.00. The second kappa shape index (κ2) is 5.34. The maximum atomic E-state index is 10.3. The molecule has 0 aliphatic heterocycles. The summed E-state index contributed by atoms with van der Waals surface area (Å²) >= 11 is 1.45. The van der Waals surface area contributed by atoms with Crippen molar-refractivity contribution in [2.24, 2.45) is 5.73 Å². The first-order valence-electron chi connectivity index (χ1n) is 3.83. The number of amides is 1. The SMILES string of the molecule is N#Cc1csc(CNOCC(N)=O)c1. The van der Waals surface area contributed by atoms with Gasteiger partial charge in [-0.1, -0.05) is 0 Å². The van der Waals surface area contributed by atoms with Gasteiger partial charge in [-0.3, -0.25) is 9.63 Å². The van der Waals surface area contributed by atoms with Gasteiger partial charge in [0.2, 0.25) is 5.91 Å². The van der Waals surface area contributed by atoms with E-state index in [2.05, 4.69) is 5.48 Å². The zero-order valence-electron chi connectivity index (χ0n) is 7.32. The second-order valence-electron chi connectivity index (χ2n) is 2.49. The zero-order chi connectivity index (χ0) is 10.4. The van der Waals surface area contributed by atoms with Crippen LogP contribution in [0.4, 0.5) is 0 Å². The third-order valence-electron chi connectivity index (χ3n) is 1.35. The molecule has 0 aliphatic carbocycles. The van der Waals surface area contributed by atoms with Gasteiger partial charge < -0.3 is 5.73 Å². The van der Waals surface area contributed by atoms with Crippen LogP contribution < -0.4 is 11.2 Å². The lowest BCUT2D eigenvalue weighted by Crippen LogP contribution is -2.24. The lowest BCUT2D eigenvalue weighted by molar-refractivity contribution is -0.125. The van der Waals surface area contributed by atoms with Crippen LogP contribution in [0.5, 0.6) is 0 Å². The fourth-order valence-corrected chi connectivity index (χ4v) is 1.51. The molecule has 3 N–H and O–H groups in total. The van der Waals surface area contributed by atoms with Crippen LogP contribution in [-0.2, 0) is 16.2 Å². The molecule has 74 valence electrons. The third kappa shape index (κ3) is 3.53. The standard InChI is InChI=1S/C8H9N3O2S/c9-2-6-1-7(14-5-6)3-11-13-4-8(10)12/h1,5,11H,3-4H2,(H2,10,12). The van der Waals surface area contributed by atoms with Gasteiger partial charge in [0.1, 0.15) is 12.7 Å². The van der Waals surface area contributed by atoms with Gasteiger partial charge in [-0.25, -0.2) is 0 Å². The average molecular weight is 211 g/mol. The minimum absolute atomic E-state index is 0.156. The second-order valence-corrected chi connectivity index (χ2v) is 3.49. The van der Waals surface area contributed by atoms with Crippen LogP contribution in [0.15, 0.2) is 11.4 Å². The van der Waals surface area contributed by atoms with Crippen LogP contribution in [-0.4, -0.2) is 12.5 Å². The van der Waals surface area contributed by atoms with Crippen molar-refractivity contribution in [3.63, 3.8) is 0 Å². The van der Waals surface area contributed by atoms with Gasteiger partial charge in [-0.15, -0.1) is 11.3 Å². The smallest absolute Gasteiger partial charge is 0.245 e. The Labute approximate surface area is 85.0 Å². The number of hydrogen-bond donors (Lipinski definition) is 2. The molecular formula is C8H9N3O2S. The fraction of sp³-hybridized carbons (Fsp3) is 0.250. The molecule has 0 fully saturated rings. The van der Waals surface area contributed by atoms with Crippen LogP contribution in [0.3, 0.4) is 0 Å². The maximum absolute atomic E-state index is 10.3. The van der Waals surface area contributed by atoms with Crippen LogP contribution in [0.1, 0.15) is 10.4 Å². The molecule has 0 unspecified atom stereocenters. The van der Waals surface area contributed by atoms with Crippen molar-refractivity contribution in [3.8, 4) is 6.07 Å². The molecule has 0 saturated carbocycles. The summed E-state index contributed by atoms with van der Waals surface area (Å²) in [4.78, 5) is 16.0. The molecular weight excluding hydrogens is 202 g/mol. The van der Waals surface area contributed by atoms with Crippen LogP contribution >= 0.6 is 11.3 Å². The predicted molar refractivity (Wildman–Crippen MR) is 51.0 cm³/mol. The van der Waals surface area contributed by atoms with E-state index in [1.54, 1.807) is 11.4 Å². The van der Waals surface area contributed by atoms with Gasteiger partial charge in [0.05, 0.1) is 12.1 Å². The highest BCUT2D eigenvalue weighted by atomic mass is 32.1. The molecule has 0 radical (unpaired) electrons. The summed E-state index contributed by atoms with van der Waals surface area (Å²) in [6.07, 6.45) is 0. The number of thiophene rings is 1. The minimum atomic E-state index is -0.526. The first-order chi connectivity index (χ1) is 6.72. The van der Waals surface area contributed by atoms with E-state index in [4.69, 9.17) is 15.8 Å². The Morgan fingerprint density at radius 2 is 2.57 bits per heavy atom. The molecule has 0 spiro atoms. The summed E-state index contributed by atoms with van der Waals surface area (Å²) < 4.78 is 0. The number of hydroxylamine groups is 1. The number of carbonyl (C=O) groups excluding carboxylic acids is 1. The summed E-state index contributed by atoms with van der Waals surface area (Å²) in [5, 5.41) is 10.3. The van der Waals surface area contributed by atoms with Crippen molar-refractivity contribution in [2.75, 3.05) is 6.61 Å². The first kappa shape index (κ1) is 10.7. The number of nitrogens with one attached hydrogen (secondary N) is 1. The largest absolute Gasteiger partial charge is 0.368 e. The highest BCUT2D eigenvalue weighted by Gasteiger charge is 1.99. The molecule has 1 heterocycles. The Hall–Kier alpha value is -1.42. The summed E-state index contributed by atoms with van der Waals surface area (Å²) in [6, 6.07) is 3.78. The molecule has 1 aromatic heterocycles. The fourth-order valence-electron chi connectivity index (χ4n) is 0.776. The Bertz CT molecular complexity index is 356. The van der Waals surface area contributed by atoms with E-state index in [0.717, 1.165) is 4.88 Å². The lowest BCUT2D eigenvalue weighted by atomic mass is 10.3. The molecule has 0 atom stereocenters. The van der Waals surface area contributed by atoms with Crippen LogP contribution in [0.25, 0.3) is 0 Å². The van der Waals surface area contributed by atoms with Crippen molar-refractivity contribution >= 4 is 17.2 Å². The molecule has 6 heteroatoms. The van der Waals surface area contributed by atoms with E-state index in [-0.39, 0.29) is 6.61 Å². The van der Waals surface area contributed by atoms with E-state index in [1.807, 2.05) is 6.07 Å². The third-order valence-corrected chi connectivity index (χ3v) is 2.28. The number of carbonyl (C=O) groups is 1. The average Bonchev–Trinajstić information content (AvgIpc) is 2.60. The van der Waals surface area contributed by atoms with Crippen LogP contribution in [0.2, 0.25) is 0 Å². The van der Waals surface area contributed by atoms with Crippen molar-refractivity contribution < 1.29 is 9.63 Å². The maximum Gasteiger partial charge on any atom is 0.245 e. The number of nitriles is 1. The van der Waals surface area contributed by atoms with Crippen molar-refractivity contribution in [1.29, 1.82) is 5.26 Å². The Morgan fingerprint density at radius 1 is 1.79 bits per heavy atom. The minimum Gasteiger partial charge on any atom is -0.368 e. The summed E-state index contributed by atoms with van der Waals surface area (Å²) in [7, 11) is 0. The van der Waals surface area contributed by atoms with E-state index < -0.39 is 5.91 Å². The van der Waals surface area contributed by atoms with E-state index >= 15 is 0 Å². The van der Waals surface area contributed by atoms with Gasteiger partial charge in [0.25, 0.3) is 0 Å². The molecule has 5 nitrogen and oxygen atoms in total. The summed E-state index contributed by atoms with van der Waals surface area (Å²) in [5.74, 6) is -0.526. The van der Waals surface area contributed by atoms with Crippen molar-refractivity contribution in [1.82, 2.24) is 5.48 Å². The van der Waals surface area contributed by atoms with Crippen molar-refractivity contribution in [2.45, 2.75) is 6.54 Å². The number of hydrogen-bond acceptors (Lipinski definition) is 5. The van der Waals surface area contributed by atoms with Crippen molar-refractivity contribution in [3.05, 3.63) is 21.9 Å². The van der Waals surface area contributed by atoms with Gasteiger partial charge in [-0.05, 0) is 6.07 Å². The molecule has 0 saturated heterocycles. The predicted octanol–water partition coefficient (Wildman–Crippen LogP) is 0.126. The summed E-state index contributed by atoms with van der Waals surface area (Å²) in [6.45, 7) is 0.302. The molecule has 0 aromatic carbocycles. The Balaban J connectivity index is 2.25. The number of rotatable bonds is 5. The molecule has 14 heavy (non-hydrogen) atoms. The normalized spacial score (nSPS) is 9.64. The molecule has 0 bridgehead atoms. The Morgan fingerprint density at radius 3 is 3.14 bits per heavy atom. The number of primary amides is 1. The summed E-state index contributed by atoms with van der Waals surface area (Å²) in [5.41, 5.74) is 8.05. The molecule has 0 aliphatic rings. The van der Waals surface area contributed by atoms with Gasteiger partial charge in [0, 0.05) is 10.3 Å². The van der Waals surface area contributed by atoms with Gasteiger partial charge in [-0.2, -0.15) is 10.7 Å². The monoisotopic (exact) mass is 211 g/mol. The van der Waals surface area contributed by atoms with E-state index in [1.165, 1.54) is 11.3 Å². The number of nitrogens with zero attached hydrogens (tertiary/aromatic N) is 1. The zero-order valence-corrected chi connectivity index (χ0v) is 8.13. The van der Waals surface area contributed by atoms with Gasteiger partial charge >= 0.3 is 0 Å². The van der Waals surface area contributed by atoms with Gasteiger partial charge in [0.15, 0.2) is 0 Å². The number of nitrogens with two attached hydrogens (primary N) is 1.